The first-order valence-electron chi connectivity index (χ1n) is 6.65. The van der Waals surface area contributed by atoms with Crippen LogP contribution in [0.3, 0.4) is 0 Å². The maximum Gasteiger partial charge on any atom is 0.310 e. The molecule has 1 rings (SSSR count). The summed E-state index contributed by atoms with van der Waals surface area (Å²) in [5, 5.41) is 19.1. The Kier molecular flexibility index (Phi) is 4.08. The smallest absolute Gasteiger partial charge is 0.310 e. The van der Waals surface area contributed by atoms with Gasteiger partial charge in [-0.05, 0) is 37.5 Å². The molecule has 0 radical (unpaired) electrons. The molecule has 2 atom stereocenters. The fourth-order valence-electron chi connectivity index (χ4n) is 3.52. The molecule has 0 heterocycles. The van der Waals surface area contributed by atoms with Crippen molar-refractivity contribution < 1.29 is 19.8 Å². The molecule has 0 spiro atoms. The molecule has 0 bridgehead atoms. The monoisotopic (exact) mass is 256 g/mol. The number of aliphatic carboxylic acids is 2. The molecule has 1 aliphatic rings. The third-order valence-electron chi connectivity index (χ3n) is 4.23. The van der Waals surface area contributed by atoms with Gasteiger partial charge in [0.25, 0.3) is 0 Å². The van der Waals surface area contributed by atoms with Crippen LogP contribution >= 0.6 is 0 Å². The van der Waals surface area contributed by atoms with Crippen LogP contribution in [0.25, 0.3) is 0 Å². The van der Waals surface area contributed by atoms with Crippen molar-refractivity contribution >= 4 is 11.9 Å². The van der Waals surface area contributed by atoms with Crippen molar-refractivity contribution in [1.29, 1.82) is 0 Å². The second kappa shape index (κ2) is 4.90. The zero-order valence-corrected chi connectivity index (χ0v) is 11.7. The molecular formula is C14H24O4. The lowest BCUT2D eigenvalue weighted by Crippen LogP contribution is -2.61. The fraction of sp³-hybridized carbons (Fsp3) is 0.857. The highest BCUT2D eigenvalue weighted by molar-refractivity contribution is 5.88. The lowest BCUT2D eigenvalue weighted by molar-refractivity contribution is -0.199. The van der Waals surface area contributed by atoms with Gasteiger partial charge in [-0.2, -0.15) is 0 Å². The summed E-state index contributed by atoms with van der Waals surface area (Å²) in [6.07, 6.45) is 1.86. The Labute approximate surface area is 108 Å². The molecule has 0 aromatic heterocycles. The van der Waals surface area contributed by atoms with E-state index in [9.17, 15) is 19.8 Å². The van der Waals surface area contributed by atoms with Crippen molar-refractivity contribution in [3.8, 4) is 0 Å². The SMILES string of the molecule is CC(C)CC1(C(=O)O)CCC1(CC(C)C)C(=O)O. The first-order valence-corrected chi connectivity index (χ1v) is 6.65. The van der Waals surface area contributed by atoms with Crippen LogP contribution in [0.1, 0.15) is 53.4 Å². The van der Waals surface area contributed by atoms with Gasteiger partial charge in [-0.1, -0.05) is 27.7 Å². The zero-order chi connectivity index (χ0) is 14.1. The predicted octanol–water partition coefficient (Wildman–Crippen LogP) is 3.01. The van der Waals surface area contributed by atoms with Crippen LogP contribution in [0.5, 0.6) is 0 Å². The maximum atomic E-state index is 11.7. The quantitative estimate of drug-likeness (QED) is 0.766. The molecule has 1 aliphatic carbocycles. The average Bonchev–Trinajstić information content (AvgIpc) is 2.19. The van der Waals surface area contributed by atoms with Gasteiger partial charge in [0, 0.05) is 0 Å². The largest absolute Gasteiger partial charge is 0.481 e. The van der Waals surface area contributed by atoms with E-state index >= 15 is 0 Å². The minimum absolute atomic E-state index is 0.187. The van der Waals surface area contributed by atoms with E-state index < -0.39 is 22.8 Å². The summed E-state index contributed by atoms with van der Waals surface area (Å²) in [4.78, 5) is 23.4. The zero-order valence-electron chi connectivity index (χ0n) is 11.7. The van der Waals surface area contributed by atoms with Gasteiger partial charge in [0.15, 0.2) is 0 Å². The van der Waals surface area contributed by atoms with Gasteiger partial charge in [-0.3, -0.25) is 9.59 Å². The lowest BCUT2D eigenvalue weighted by atomic mass is 9.45. The molecular weight excluding hydrogens is 232 g/mol. The maximum absolute atomic E-state index is 11.7. The molecule has 104 valence electrons. The minimum Gasteiger partial charge on any atom is -0.481 e. The molecule has 4 nitrogen and oxygen atoms in total. The molecule has 2 unspecified atom stereocenters. The van der Waals surface area contributed by atoms with Crippen LogP contribution < -0.4 is 0 Å². The van der Waals surface area contributed by atoms with Crippen molar-refractivity contribution in [2.75, 3.05) is 0 Å². The molecule has 0 amide bonds. The van der Waals surface area contributed by atoms with Crippen LogP contribution in [0.4, 0.5) is 0 Å². The molecule has 18 heavy (non-hydrogen) atoms. The number of rotatable bonds is 6. The Balaban J connectivity index is 3.17. The normalized spacial score (nSPS) is 31.4. The summed E-state index contributed by atoms with van der Waals surface area (Å²) < 4.78 is 0. The fourth-order valence-corrected chi connectivity index (χ4v) is 3.52. The average molecular weight is 256 g/mol. The van der Waals surface area contributed by atoms with Crippen molar-refractivity contribution in [1.82, 2.24) is 0 Å². The Morgan fingerprint density at radius 3 is 1.28 bits per heavy atom. The van der Waals surface area contributed by atoms with E-state index in [1.165, 1.54) is 0 Å². The van der Waals surface area contributed by atoms with Crippen LogP contribution in [0, 0.1) is 22.7 Å². The summed E-state index contributed by atoms with van der Waals surface area (Å²) >= 11 is 0. The topological polar surface area (TPSA) is 74.6 Å². The summed E-state index contributed by atoms with van der Waals surface area (Å²) in [7, 11) is 0. The van der Waals surface area contributed by atoms with E-state index in [-0.39, 0.29) is 11.8 Å². The van der Waals surface area contributed by atoms with E-state index in [1.807, 2.05) is 27.7 Å². The van der Waals surface area contributed by atoms with Crippen molar-refractivity contribution in [2.24, 2.45) is 22.7 Å². The highest BCUT2D eigenvalue weighted by Crippen LogP contribution is 2.63. The van der Waals surface area contributed by atoms with Gasteiger partial charge in [0.1, 0.15) is 0 Å². The van der Waals surface area contributed by atoms with Crippen LogP contribution in [-0.2, 0) is 9.59 Å². The number of carbonyl (C=O) groups is 2. The van der Waals surface area contributed by atoms with E-state index in [0.717, 1.165) is 0 Å². The van der Waals surface area contributed by atoms with E-state index in [4.69, 9.17) is 0 Å². The molecule has 1 fully saturated rings. The van der Waals surface area contributed by atoms with Gasteiger partial charge < -0.3 is 10.2 Å². The van der Waals surface area contributed by atoms with Gasteiger partial charge in [0.05, 0.1) is 10.8 Å². The van der Waals surface area contributed by atoms with Gasteiger partial charge >= 0.3 is 11.9 Å². The molecule has 0 saturated heterocycles. The highest BCUT2D eigenvalue weighted by atomic mass is 16.4. The van der Waals surface area contributed by atoms with Crippen molar-refractivity contribution in [3.05, 3.63) is 0 Å². The van der Waals surface area contributed by atoms with E-state index in [0.29, 0.717) is 25.7 Å². The summed E-state index contributed by atoms with van der Waals surface area (Å²) in [6, 6.07) is 0. The summed E-state index contributed by atoms with van der Waals surface area (Å²) in [5.41, 5.74) is -2.14. The lowest BCUT2D eigenvalue weighted by Gasteiger charge is -2.55. The van der Waals surface area contributed by atoms with E-state index in [1.54, 1.807) is 0 Å². The third-order valence-corrected chi connectivity index (χ3v) is 4.23. The second-order valence-electron chi connectivity index (χ2n) is 6.47. The Morgan fingerprint density at radius 2 is 1.17 bits per heavy atom. The first kappa shape index (κ1) is 15.0. The Bertz CT molecular complexity index is 314. The van der Waals surface area contributed by atoms with Crippen molar-refractivity contribution in [3.63, 3.8) is 0 Å². The standard InChI is InChI=1S/C14H24O4/c1-9(2)7-13(11(15)16)5-6-14(13,12(17)18)8-10(3)4/h9-10H,5-8H2,1-4H3,(H,15,16)(H,17,18). The predicted molar refractivity (Wildman–Crippen MR) is 68.3 cm³/mol. The highest BCUT2D eigenvalue weighted by Gasteiger charge is 2.67. The van der Waals surface area contributed by atoms with Crippen LogP contribution in [-0.4, -0.2) is 22.2 Å². The molecule has 4 heteroatoms. The summed E-state index contributed by atoms with van der Waals surface area (Å²) in [6.45, 7) is 7.80. The number of hydrogen-bond donors (Lipinski definition) is 2. The van der Waals surface area contributed by atoms with Gasteiger partial charge in [0.2, 0.25) is 0 Å². The third kappa shape index (κ3) is 2.13. The molecule has 0 aromatic rings. The van der Waals surface area contributed by atoms with Crippen molar-refractivity contribution in [2.45, 2.75) is 53.4 Å². The second-order valence-corrected chi connectivity index (χ2v) is 6.47. The van der Waals surface area contributed by atoms with Crippen LogP contribution in [0.2, 0.25) is 0 Å². The number of carboxylic acids is 2. The molecule has 2 N–H and O–H groups in total. The Hall–Kier alpha value is -1.06. The van der Waals surface area contributed by atoms with Gasteiger partial charge in [-0.15, -0.1) is 0 Å². The van der Waals surface area contributed by atoms with Gasteiger partial charge in [-0.25, -0.2) is 0 Å². The number of hydrogen-bond acceptors (Lipinski definition) is 2. The molecule has 0 aliphatic heterocycles. The first-order chi connectivity index (χ1) is 8.18. The molecule has 0 aromatic carbocycles. The van der Waals surface area contributed by atoms with Crippen LogP contribution in [0.15, 0.2) is 0 Å². The van der Waals surface area contributed by atoms with E-state index in [2.05, 4.69) is 0 Å². The summed E-state index contributed by atoms with van der Waals surface area (Å²) in [5.74, 6) is -1.50. The Morgan fingerprint density at radius 1 is 0.889 bits per heavy atom. The minimum atomic E-state index is -1.07. The number of carboxylic acid groups (broad SMARTS) is 2. The molecule has 1 saturated carbocycles.